The third-order valence-corrected chi connectivity index (χ3v) is 12.6. The molecular weight excluding hydrogens is 743 g/mol. The zero-order valence-corrected chi connectivity index (χ0v) is 40.5. The molecule has 0 aromatic rings. The highest BCUT2D eigenvalue weighted by atomic mass is 16.5. The van der Waals surface area contributed by atoms with Gasteiger partial charge in [-0.3, -0.25) is 9.59 Å². The molecule has 3 N–H and O–H groups in total. The second kappa shape index (κ2) is 50.2. The maximum Gasteiger partial charge on any atom is 0.305 e. The fraction of sp³-hybridized carbons (Fsp3) is 0.926. The van der Waals surface area contributed by atoms with Crippen molar-refractivity contribution in [2.75, 3.05) is 13.2 Å². The van der Waals surface area contributed by atoms with Crippen LogP contribution in [0.15, 0.2) is 12.2 Å². The van der Waals surface area contributed by atoms with Gasteiger partial charge in [-0.1, -0.05) is 244 Å². The molecule has 356 valence electrons. The van der Waals surface area contributed by atoms with E-state index in [1.165, 1.54) is 205 Å². The second-order valence-electron chi connectivity index (χ2n) is 18.6. The van der Waals surface area contributed by atoms with Gasteiger partial charge in [-0.05, 0) is 51.4 Å². The molecular formula is C54H105NO5. The average Bonchev–Trinajstić information content (AvgIpc) is 3.25. The van der Waals surface area contributed by atoms with E-state index in [1.54, 1.807) is 0 Å². The van der Waals surface area contributed by atoms with Gasteiger partial charge in [-0.15, -0.1) is 0 Å². The Morgan fingerprint density at radius 1 is 0.450 bits per heavy atom. The van der Waals surface area contributed by atoms with Crippen molar-refractivity contribution in [1.29, 1.82) is 0 Å². The van der Waals surface area contributed by atoms with Gasteiger partial charge in [0.1, 0.15) is 0 Å². The molecule has 0 aliphatic carbocycles. The largest absolute Gasteiger partial charge is 0.466 e. The van der Waals surface area contributed by atoms with E-state index in [4.69, 9.17) is 4.74 Å². The van der Waals surface area contributed by atoms with E-state index in [0.29, 0.717) is 25.9 Å². The smallest absolute Gasteiger partial charge is 0.305 e. The molecule has 6 nitrogen and oxygen atoms in total. The predicted octanol–water partition coefficient (Wildman–Crippen LogP) is 16.1. The quantitative estimate of drug-likeness (QED) is 0.0322. The lowest BCUT2D eigenvalue weighted by molar-refractivity contribution is -0.143. The number of carbonyl (C=O) groups is 2. The summed E-state index contributed by atoms with van der Waals surface area (Å²) in [6.45, 7) is 4.90. The molecule has 0 aromatic carbocycles. The predicted molar refractivity (Wildman–Crippen MR) is 260 cm³/mol. The first-order valence-corrected chi connectivity index (χ1v) is 26.9. The Kier molecular flexibility index (Phi) is 49.1. The molecule has 0 aliphatic heterocycles. The van der Waals surface area contributed by atoms with Crippen LogP contribution in [0.4, 0.5) is 0 Å². The molecule has 0 saturated carbocycles. The number of esters is 1. The lowest BCUT2D eigenvalue weighted by Gasteiger charge is -2.22. The van der Waals surface area contributed by atoms with Gasteiger partial charge in [0.05, 0.1) is 25.4 Å². The molecule has 0 aliphatic rings. The summed E-state index contributed by atoms with van der Waals surface area (Å²) >= 11 is 0. The minimum atomic E-state index is -0.681. The number of rotatable bonds is 50. The van der Waals surface area contributed by atoms with E-state index in [9.17, 15) is 19.8 Å². The summed E-state index contributed by atoms with van der Waals surface area (Å²) < 4.78 is 5.47. The monoisotopic (exact) mass is 848 g/mol. The van der Waals surface area contributed by atoms with Crippen LogP contribution in [0.25, 0.3) is 0 Å². The van der Waals surface area contributed by atoms with Crippen LogP contribution in [0, 0.1) is 0 Å². The Morgan fingerprint density at radius 3 is 1.18 bits per heavy atom. The minimum Gasteiger partial charge on any atom is -0.466 e. The highest BCUT2D eigenvalue weighted by molar-refractivity contribution is 5.76. The van der Waals surface area contributed by atoms with Crippen LogP contribution < -0.4 is 5.32 Å². The Bertz CT molecular complexity index is 893. The van der Waals surface area contributed by atoms with E-state index in [-0.39, 0.29) is 18.5 Å². The average molecular weight is 848 g/mol. The maximum atomic E-state index is 12.5. The summed E-state index contributed by atoms with van der Waals surface area (Å²) in [6.07, 6.45) is 57.5. The van der Waals surface area contributed by atoms with Crippen LogP contribution in [-0.2, 0) is 14.3 Å². The molecule has 0 fully saturated rings. The van der Waals surface area contributed by atoms with Crippen LogP contribution in [-0.4, -0.2) is 47.4 Å². The normalized spacial score (nSPS) is 12.7. The van der Waals surface area contributed by atoms with Crippen molar-refractivity contribution >= 4 is 11.9 Å². The van der Waals surface area contributed by atoms with E-state index in [0.717, 1.165) is 57.8 Å². The molecule has 0 radical (unpaired) electrons. The Morgan fingerprint density at radius 2 is 0.783 bits per heavy atom. The van der Waals surface area contributed by atoms with E-state index in [1.807, 2.05) is 0 Å². The summed E-state index contributed by atoms with van der Waals surface area (Å²) in [5, 5.41) is 23.2. The van der Waals surface area contributed by atoms with E-state index in [2.05, 4.69) is 31.3 Å². The van der Waals surface area contributed by atoms with Crippen molar-refractivity contribution < 1.29 is 24.5 Å². The number of aliphatic hydroxyl groups excluding tert-OH is 2. The topological polar surface area (TPSA) is 95.9 Å². The summed E-state index contributed by atoms with van der Waals surface area (Å²) in [5.74, 6) is -0.0856. The van der Waals surface area contributed by atoms with Crippen molar-refractivity contribution in [2.45, 2.75) is 309 Å². The van der Waals surface area contributed by atoms with Crippen LogP contribution in [0.1, 0.15) is 296 Å². The number of ether oxygens (including phenoxy) is 1. The summed E-state index contributed by atoms with van der Waals surface area (Å²) in [7, 11) is 0. The lowest BCUT2D eigenvalue weighted by Crippen LogP contribution is -2.45. The summed E-state index contributed by atoms with van der Waals surface area (Å²) in [4.78, 5) is 24.5. The van der Waals surface area contributed by atoms with Gasteiger partial charge in [-0.2, -0.15) is 0 Å². The highest BCUT2D eigenvalue weighted by Crippen LogP contribution is 2.17. The number of allylic oxidation sites excluding steroid dienone is 2. The fourth-order valence-corrected chi connectivity index (χ4v) is 8.40. The molecule has 0 heterocycles. The second-order valence-corrected chi connectivity index (χ2v) is 18.6. The van der Waals surface area contributed by atoms with Crippen molar-refractivity contribution in [3.63, 3.8) is 0 Å². The van der Waals surface area contributed by atoms with Crippen molar-refractivity contribution in [2.24, 2.45) is 0 Å². The van der Waals surface area contributed by atoms with Gasteiger partial charge < -0.3 is 20.3 Å². The lowest BCUT2D eigenvalue weighted by atomic mass is 10.0. The van der Waals surface area contributed by atoms with E-state index >= 15 is 0 Å². The Hall–Kier alpha value is -1.40. The Labute approximate surface area is 374 Å². The first-order valence-electron chi connectivity index (χ1n) is 26.9. The highest BCUT2D eigenvalue weighted by Gasteiger charge is 2.20. The molecule has 0 bridgehead atoms. The number of unbranched alkanes of at least 4 members (excludes halogenated alkanes) is 37. The molecule has 0 rings (SSSR count). The molecule has 2 unspecified atom stereocenters. The Balaban J connectivity index is 3.46. The molecule has 0 saturated heterocycles. The van der Waals surface area contributed by atoms with Crippen LogP contribution in [0.3, 0.4) is 0 Å². The molecule has 60 heavy (non-hydrogen) atoms. The zero-order valence-electron chi connectivity index (χ0n) is 40.5. The van der Waals surface area contributed by atoms with Crippen molar-refractivity contribution in [1.82, 2.24) is 5.32 Å². The summed E-state index contributed by atoms with van der Waals surface area (Å²) in [5.41, 5.74) is 0. The first kappa shape index (κ1) is 58.6. The number of hydrogen-bond acceptors (Lipinski definition) is 5. The van der Waals surface area contributed by atoms with Gasteiger partial charge >= 0.3 is 5.97 Å². The van der Waals surface area contributed by atoms with Gasteiger partial charge in [0.25, 0.3) is 0 Å². The zero-order chi connectivity index (χ0) is 43.7. The molecule has 1 amide bonds. The van der Waals surface area contributed by atoms with Crippen molar-refractivity contribution in [3.8, 4) is 0 Å². The number of hydrogen-bond donors (Lipinski definition) is 3. The number of amides is 1. The fourth-order valence-electron chi connectivity index (χ4n) is 8.40. The molecule has 2 atom stereocenters. The molecule has 0 aromatic heterocycles. The van der Waals surface area contributed by atoms with Gasteiger partial charge in [-0.25, -0.2) is 0 Å². The SMILES string of the molecule is CCCCCCCC/C=C\CCCCCCCCCCCC(=O)OCCCCCCCCCCCC(=O)NC(CO)C(O)CCCCCCCCCCCCCCCCC. The third kappa shape index (κ3) is 46.1. The minimum absolute atomic E-state index is 0.0248. The van der Waals surface area contributed by atoms with Crippen molar-refractivity contribution in [3.05, 3.63) is 12.2 Å². The molecule has 0 spiro atoms. The third-order valence-electron chi connectivity index (χ3n) is 12.6. The number of aliphatic hydroxyl groups is 2. The van der Waals surface area contributed by atoms with Crippen LogP contribution in [0.2, 0.25) is 0 Å². The summed E-state index contributed by atoms with van der Waals surface area (Å²) in [6, 6.07) is -0.561. The first-order chi connectivity index (χ1) is 29.5. The van der Waals surface area contributed by atoms with Crippen LogP contribution in [0.5, 0.6) is 0 Å². The number of nitrogens with one attached hydrogen (secondary N) is 1. The van der Waals surface area contributed by atoms with Crippen LogP contribution >= 0.6 is 0 Å². The maximum absolute atomic E-state index is 12.5. The van der Waals surface area contributed by atoms with Gasteiger partial charge in [0.2, 0.25) is 5.91 Å². The van der Waals surface area contributed by atoms with E-state index < -0.39 is 12.1 Å². The molecule has 6 heteroatoms. The van der Waals surface area contributed by atoms with Gasteiger partial charge in [0.15, 0.2) is 0 Å². The standard InChI is InChI=1S/C54H105NO5/c1-3-5-7-9-11-13-15-17-19-20-21-22-24-26-28-32-36-40-44-48-54(59)60-49-45-41-37-33-29-31-35-39-43-47-53(58)55-51(50-56)52(57)46-42-38-34-30-27-25-23-18-16-14-12-10-8-6-4-2/h17,19,51-52,56-57H,3-16,18,20-50H2,1-2H3,(H,55,58)/b19-17-. The number of carbonyl (C=O) groups excluding carboxylic acids is 2. The van der Waals surface area contributed by atoms with Gasteiger partial charge in [0, 0.05) is 12.8 Å².